The molecule has 2 rings (SSSR count). The third-order valence-electron chi connectivity index (χ3n) is 4.00. The number of hydrogen-bond donors (Lipinski definition) is 2. The fourth-order valence-corrected chi connectivity index (χ4v) is 3.38. The SMILES string of the molecule is CCS(=O)(=O)c1cccc(CC(=O)NC2(C(=O)O)CCC2)c1. The number of carboxylic acid groups (broad SMARTS) is 1. The molecule has 1 aliphatic carbocycles. The summed E-state index contributed by atoms with van der Waals surface area (Å²) in [5.74, 6) is -1.44. The Morgan fingerprint density at radius 2 is 2.00 bits per heavy atom. The van der Waals surface area contributed by atoms with E-state index in [4.69, 9.17) is 0 Å². The molecule has 7 heteroatoms. The second kappa shape index (κ2) is 6.08. The molecule has 1 aromatic carbocycles. The molecule has 120 valence electrons. The molecule has 0 aliphatic heterocycles. The first kappa shape index (κ1) is 16.5. The van der Waals surface area contributed by atoms with E-state index in [-0.39, 0.29) is 17.1 Å². The van der Waals surface area contributed by atoms with E-state index in [2.05, 4.69) is 5.32 Å². The zero-order valence-corrected chi connectivity index (χ0v) is 13.1. The van der Waals surface area contributed by atoms with Gasteiger partial charge in [-0.05, 0) is 37.0 Å². The smallest absolute Gasteiger partial charge is 0.329 e. The van der Waals surface area contributed by atoms with Crippen LogP contribution >= 0.6 is 0 Å². The zero-order valence-electron chi connectivity index (χ0n) is 12.3. The Hall–Kier alpha value is -1.89. The van der Waals surface area contributed by atoms with Crippen molar-refractivity contribution in [2.45, 2.75) is 43.0 Å². The number of carboxylic acids is 1. The van der Waals surface area contributed by atoms with Crippen molar-refractivity contribution in [2.75, 3.05) is 5.75 Å². The van der Waals surface area contributed by atoms with E-state index in [1.807, 2.05) is 0 Å². The number of hydrogen-bond acceptors (Lipinski definition) is 4. The van der Waals surface area contributed by atoms with E-state index in [0.717, 1.165) is 6.42 Å². The summed E-state index contributed by atoms with van der Waals surface area (Å²) in [5, 5.41) is 11.7. The number of aliphatic carboxylic acids is 1. The molecular formula is C15H19NO5S. The Kier molecular flexibility index (Phi) is 4.55. The van der Waals surface area contributed by atoms with Gasteiger partial charge >= 0.3 is 5.97 Å². The van der Waals surface area contributed by atoms with Gasteiger partial charge in [0.1, 0.15) is 5.54 Å². The van der Waals surface area contributed by atoms with Crippen LogP contribution in [0.2, 0.25) is 0 Å². The number of carbonyl (C=O) groups excluding carboxylic acids is 1. The fourth-order valence-electron chi connectivity index (χ4n) is 2.43. The molecule has 6 nitrogen and oxygen atoms in total. The van der Waals surface area contributed by atoms with Crippen LogP contribution in [0.4, 0.5) is 0 Å². The van der Waals surface area contributed by atoms with Crippen LogP contribution in [0.15, 0.2) is 29.2 Å². The molecular weight excluding hydrogens is 306 g/mol. The molecule has 0 atom stereocenters. The molecule has 0 unspecified atom stereocenters. The van der Waals surface area contributed by atoms with Crippen molar-refractivity contribution >= 4 is 21.7 Å². The highest BCUT2D eigenvalue weighted by atomic mass is 32.2. The van der Waals surface area contributed by atoms with Crippen LogP contribution in [0.1, 0.15) is 31.7 Å². The summed E-state index contributed by atoms with van der Waals surface area (Å²) >= 11 is 0. The topological polar surface area (TPSA) is 101 Å². The third kappa shape index (κ3) is 3.30. The highest BCUT2D eigenvalue weighted by Crippen LogP contribution is 2.32. The van der Waals surface area contributed by atoms with Gasteiger partial charge < -0.3 is 10.4 Å². The molecule has 1 aromatic rings. The van der Waals surface area contributed by atoms with Crippen molar-refractivity contribution in [1.29, 1.82) is 0 Å². The fraction of sp³-hybridized carbons (Fsp3) is 0.467. The van der Waals surface area contributed by atoms with E-state index < -0.39 is 27.3 Å². The van der Waals surface area contributed by atoms with Crippen molar-refractivity contribution in [2.24, 2.45) is 0 Å². The molecule has 0 saturated heterocycles. The molecule has 22 heavy (non-hydrogen) atoms. The first-order valence-corrected chi connectivity index (χ1v) is 8.80. The summed E-state index contributed by atoms with van der Waals surface area (Å²) in [6.45, 7) is 1.56. The second-order valence-corrected chi connectivity index (χ2v) is 7.79. The van der Waals surface area contributed by atoms with Gasteiger partial charge in [0.15, 0.2) is 9.84 Å². The van der Waals surface area contributed by atoms with Crippen molar-refractivity contribution in [3.05, 3.63) is 29.8 Å². The minimum absolute atomic E-state index is 0.00915. The molecule has 0 bridgehead atoms. The summed E-state index contributed by atoms with van der Waals surface area (Å²) < 4.78 is 23.7. The Morgan fingerprint density at radius 1 is 1.32 bits per heavy atom. The van der Waals surface area contributed by atoms with Gasteiger partial charge in [-0.1, -0.05) is 19.1 Å². The number of carbonyl (C=O) groups is 2. The molecule has 2 N–H and O–H groups in total. The van der Waals surface area contributed by atoms with Crippen LogP contribution in [0.25, 0.3) is 0 Å². The van der Waals surface area contributed by atoms with Crippen molar-refractivity contribution < 1.29 is 23.1 Å². The van der Waals surface area contributed by atoms with Gasteiger partial charge in [-0.25, -0.2) is 13.2 Å². The van der Waals surface area contributed by atoms with E-state index in [1.165, 1.54) is 12.1 Å². The van der Waals surface area contributed by atoms with Gasteiger partial charge in [-0.2, -0.15) is 0 Å². The predicted molar refractivity (Wildman–Crippen MR) is 80.2 cm³/mol. The highest BCUT2D eigenvalue weighted by molar-refractivity contribution is 7.91. The Bertz CT molecular complexity index is 692. The van der Waals surface area contributed by atoms with Gasteiger partial charge in [0.25, 0.3) is 0 Å². The van der Waals surface area contributed by atoms with Gasteiger partial charge in [0.05, 0.1) is 17.1 Å². The largest absolute Gasteiger partial charge is 0.480 e. The summed E-state index contributed by atoms with van der Waals surface area (Å²) in [6.07, 6.45) is 1.59. The van der Waals surface area contributed by atoms with E-state index in [9.17, 15) is 23.1 Å². The van der Waals surface area contributed by atoms with Crippen molar-refractivity contribution in [1.82, 2.24) is 5.32 Å². The van der Waals surface area contributed by atoms with Crippen LogP contribution in [-0.2, 0) is 25.8 Å². The Morgan fingerprint density at radius 3 is 2.50 bits per heavy atom. The molecule has 0 heterocycles. The lowest BCUT2D eigenvalue weighted by Crippen LogP contribution is -2.59. The number of sulfone groups is 1. The lowest BCUT2D eigenvalue weighted by Gasteiger charge is -2.38. The van der Waals surface area contributed by atoms with Gasteiger partial charge in [-0.15, -0.1) is 0 Å². The van der Waals surface area contributed by atoms with Crippen LogP contribution in [0.5, 0.6) is 0 Å². The maximum atomic E-state index is 12.0. The summed E-state index contributed by atoms with van der Waals surface area (Å²) in [5.41, 5.74) is -0.601. The molecule has 1 fully saturated rings. The molecule has 1 aliphatic rings. The summed E-state index contributed by atoms with van der Waals surface area (Å²) in [4.78, 5) is 23.4. The molecule has 1 amide bonds. The average molecular weight is 325 g/mol. The van der Waals surface area contributed by atoms with E-state index >= 15 is 0 Å². The van der Waals surface area contributed by atoms with Crippen molar-refractivity contribution in [3.8, 4) is 0 Å². The first-order valence-electron chi connectivity index (χ1n) is 7.15. The summed E-state index contributed by atoms with van der Waals surface area (Å²) in [6, 6.07) is 6.20. The standard InChI is InChI=1S/C15H19NO5S/c1-2-22(20,21)12-6-3-5-11(9-12)10-13(17)16-15(14(18)19)7-4-8-15/h3,5-6,9H,2,4,7-8,10H2,1H3,(H,16,17)(H,18,19). The minimum Gasteiger partial charge on any atom is -0.480 e. The van der Waals surface area contributed by atoms with Crippen LogP contribution in [0, 0.1) is 0 Å². The quantitative estimate of drug-likeness (QED) is 0.817. The zero-order chi connectivity index (χ0) is 16.4. The monoisotopic (exact) mass is 325 g/mol. The lowest BCUT2D eigenvalue weighted by molar-refractivity contribution is -0.151. The van der Waals surface area contributed by atoms with Crippen LogP contribution in [0.3, 0.4) is 0 Å². The van der Waals surface area contributed by atoms with Gasteiger partial charge in [0, 0.05) is 0 Å². The lowest BCUT2D eigenvalue weighted by atomic mass is 9.76. The Labute approximate surface area is 129 Å². The van der Waals surface area contributed by atoms with E-state index in [0.29, 0.717) is 18.4 Å². The predicted octanol–water partition coefficient (Wildman–Crippen LogP) is 1.15. The Balaban J connectivity index is 2.09. The molecule has 1 saturated carbocycles. The van der Waals surface area contributed by atoms with Gasteiger partial charge in [0.2, 0.25) is 5.91 Å². The van der Waals surface area contributed by atoms with Crippen molar-refractivity contribution in [3.63, 3.8) is 0 Å². The highest BCUT2D eigenvalue weighted by Gasteiger charge is 2.45. The van der Waals surface area contributed by atoms with Crippen LogP contribution < -0.4 is 5.32 Å². The molecule has 0 spiro atoms. The minimum atomic E-state index is -3.32. The maximum absolute atomic E-state index is 12.0. The number of amides is 1. The molecule has 0 aromatic heterocycles. The third-order valence-corrected chi connectivity index (χ3v) is 5.73. The average Bonchev–Trinajstić information content (AvgIpc) is 2.42. The van der Waals surface area contributed by atoms with Crippen LogP contribution in [-0.4, -0.2) is 36.7 Å². The second-order valence-electron chi connectivity index (χ2n) is 5.52. The number of benzene rings is 1. The maximum Gasteiger partial charge on any atom is 0.329 e. The number of rotatable bonds is 6. The van der Waals surface area contributed by atoms with Gasteiger partial charge in [-0.3, -0.25) is 4.79 Å². The summed E-state index contributed by atoms with van der Waals surface area (Å²) in [7, 11) is -3.32. The number of nitrogens with one attached hydrogen (secondary N) is 1. The molecule has 0 radical (unpaired) electrons. The first-order chi connectivity index (χ1) is 10.3. The van der Waals surface area contributed by atoms with E-state index in [1.54, 1.807) is 19.1 Å². The normalized spacial score (nSPS) is 16.6.